The maximum Gasteiger partial charge on any atom is 0.128 e. The molecule has 1 aromatic rings. The second-order valence-electron chi connectivity index (χ2n) is 4.68. The number of halogens is 1. The SMILES string of the molecule is CSc1ccc(F)c(C2CC(CN)CN2C)c1. The van der Waals surface area contributed by atoms with E-state index >= 15 is 0 Å². The Bertz CT molecular complexity index is 397. The number of hydrogen-bond donors (Lipinski definition) is 1. The molecule has 1 fully saturated rings. The van der Waals surface area contributed by atoms with Crippen LogP contribution in [0.3, 0.4) is 0 Å². The van der Waals surface area contributed by atoms with Gasteiger partial charge in [0.05, 0.1) is 0 Å². The van der Waals surface area contributed by atoms with E-state index in [1.54, 1.807) is 17.8 Å². The molecular weight excluding hydrogens is 235 g/mol. The van der Waals surface area contributed by atoms with E-state index in [2.05, 4.69) is 4.90 Å². The molecule has 2 nitrogen and oxygen atoms in total. The molecule has 1 saturated heterocycles. The summed E-state index contributed by atoms with van der Waals surface area (Å²) in [7, 11) is 2.05. The Morgan fingerprint density at radius 3 is 2.88 bits per heavy atom. The third kappa shape index (κ3) is 2.64. The second-order valence-corrected chi connectivity index (χ2v) is 5.56. The van der Waals surface area contributed by atoms with Crippen molar-refractivity contribution in [3.8, 4) is 0 Å². The first-order valence-electron chi connectivity index (χ1n) is 5.89. The van der Waals surface area contributed by atoms with Crippen molar-refractivity contribution in [1.82, 2.24) is 4.90 Å². The third-order valence-electron chi connectivity index (χ3n) is 3.53. The molecule has 2 rings (SSSR count). The Morgan fingerprint density at radius 1 is 1.53 bits per heavy atom. The maximum absolute atomic E-state index is 13.9. The number of thioether (sulfide) groups is 1. The van der Waals surface area contributed by atoms with Crippen molar-refractivity contribution in [2.45, 2.75) is 17.4 Å². The van der Waals surface area contributed by atoms with Gasteiger partial charge in [-0.3, -0.25) is 4.90 Å². The van der Waals surface area contributed by atoms with E-state index in [1.165, 1.54) is 0 Å². The zero-order valence-corrected chi connectivity index (χ0v) is 11.1. The molecule has 0 radical (unpaired) electrons. The molecule has 1 aromatic carbocycles. The summed E-state index contributed by atoms with van der Waals surface area (Å²) < 4.78 is 13.9. The van der Waals surface area contributed by atoms with Crippen LogP contribution in [0.2, 0.25) is 0 Å². The normalized spacial score (nSPS) is 25.4. The van der Waals surface area contributed by atoms with Crippen molar-refractivity contribution in [2.24, 2.45) is 11.7 Å². The van der Waals surface area contributed by atoms with Gasteiger partial charge in [-0.25, -0.2) is 4.39 Å². The van der Waals surface area contributed by atoms with Gasteiger partial charge in [-0.2, -0.15) is 0 Å². The molecule has 0 bridgehead atoms. The molecule has 4 heteroatoms. The summed E-state index contributed by atoms with van der Waals surface area (Å²) in [6.45, 7) is 1.65. The summed E-state index contributed by atoms with van der Waals surface area (Å²) in [5.41, 5.74) is 6.52. The largest absolute Gasteiger partial charge is 0.330 e. The van der Waals surface area contributed by atoms with E-state index in [4.69, 9.17) is 5.73 Å². The summed E-state index contributed by atoms with van der Waals surface area (Å²) in [5, 5.41) is 0. The quantitative estimate of drug-likeness (QED) is 0.840. The van der Waals surface area contributed by atoms with Gasteiger partial charge >= 0.3 is 0 Å². The monoisotopic (exact) mass is 254 g/mol. The fourth-order valence-corrected chi connectivity index (χ4v) is 2.99. The molecule has 0 spiro atoms. The molecule has 0 aromatic heterocycles. The molecule has 1 heterocycles. The van der Waals surface area contributed by atoms with Crippen LogP contribution in [0.5, 0.6) is 0 Å². The summed E-state index contributed by atoms with van der Waals surface area (Å²) >= 11 is 1.65. The highest BCUT2D eigenvalue weighted by molar-refractivity contribution is 7.98. The van der Waals surface area contributed by atoms with Crippen molar-refractivity contribution in [3.63, 3.8) is 0 Å². The van der Waals surface area contributed by atoms with Crippen molar-refractivity contribution >= 4 is 11.8 Å². The van der Waals surface area contributed by atoms with Gasteiger partial charge in [-0.15, -0.1) is 11.8 Å². The van der Waals surface area contributed by atoms with E-state index in [-0.39, 0.29) is 11.9 Å². The van der Waals surface area contributed by atoms with Gasteiger partial charge in [0.25, 0.3) is 0 Å². The minimum absolute atomic E-state index is 0.0997. The fourth-order valence-electron chi connectivity index (χ4n) is 2.54. The summed E-state index contributed by atoms with van der Waals surface area (Å²) in [4.78, 5) is 3.33. The highest BCUT2D eigenvalue weighted by Gasteiger charge is 2.31. The van der Waals surface area contributed by atoms with Gasteiger partial charge in [0.2, 0.25) is 0 Å². The lowest BCUT2D eigenvalue weighted by molar-refractivity contribution is 0.306. The Morgan fingerprint density at radius 2 is 2.29 bits per heavy atom. The number of benzene rings is 1. The first kappa shape index (κ1) is 12.9. The zero-order chi connectivity index (χ0) is 12.4. The van der Waals surface area contributed by atoms with Crippen LogP contribution in [0, 0.1) is 11.7 Å². The molecule has 17 heavy (non-hydrogen) atoms. The molecule has 1 aliphatic heterocycles. The number of likely N-dealkylation sites (tertiary alicyclic amines) is 1. The lowest BCUT2D eigenvalue weighted by atomic mass is 9.99. The van der Waals surface area contributed by atoms with E-state index in [0.29, 0.717) is 12.5 Å². The molecule has 0 amide bonds. The van der Waals surface area contributed by atoms with E-state index in [0.717, 1.165) is 23.4 Å². The standard InChI is InChI=1S/C13H19FN2S/c1-16-8-9(7-15)5-13(16)11-6-10(17-2)3-4-12(11)14/h3-4,6,9,13H,5,7-8,15H2,1-2H3. The van der Waals surface area contributed by atoms with Crippen LogP contribution >= 0.6 is 11.8 Å². The average Bonchev–Trinajstić information content (AvgIpc) is 2.71. The second kappa shape index (κ2) is 5.38. The zero-order valence-electron chi connectivity index (χ0n) is 10.3. The molecule has 1 aliphatic rings. The van der Waals surface area contributed by atoms with Crippen LogP contribution in [-0.2, 0) is 0 Å². The fraction of sp³-hybridized carbons (Fsp3) is 0.538. The number of nitrogens with two attached hydrogens (primary N) is 1. The van der Waals surface area contributed by atoms with Crippen molar-refractivity contribution in [2.75, 3.05) is 26.4 Å². The summed E-state index contributed by atoms with van der Waals surface area (Å²) in [5.74, 6) is 0.389. The van der Waals surface area contributed by atoms with Gasteiger partial charge in [0.15, 0.2) is 0 Å². The Labute approximate surface area is 106 Å². The van der Waals surface area contributed by atoms with Gasteiger partial charge in [-0.1, -0.05) is 0 Å². The first-order chi connectivity index (χ1) is 8.15. The first-order valence-corrected chi connectivity index (χ1v) is 7.12. The predicted octanol–water partition coefficient (Wildman–Crippen LogP) is 2.50. The van der Waals surface area contributed by atoms with Gasteiger partial charge in [0, 0.05) is 23.0 Å². The molecule has 0 aliphatic carbocycles. The molecule has 94 valence electrons. The van der Waals surface area contributed by atoms with Crippen molar-refractivity contribution in [1.29, 1.82) is 0 Å². The minimum Gasteiger partial charge on any atom is -0.330 e. The Balaban J connectivity index is 2.27. The summed E-state index contributed by atoms with van der Waals surface area (Å²) in [6.07, 6.45) is 2.97. The molecule has 2 N–H and O–H groups in total. The number of nitrogens with zero attached hydrogens (tertiary/aromatic N) is 1. The average molecular weight is 254 g/mol. The van der Waals surface area contributed by atoms with Crippen molar-refractivity contribution in [3.05, 3.63) is 29.6 Å². The smallest absolute Gasteiger partial charge is 0.128 e. The summed E-state index contributed by atoms with van der Waals surface area (Å²) in [6, 6.07) is 5.56. The van der Waals surface area contributed by atoms with Crippen LogP contribution in [-0.4, -0.2) is 31.3 Å². The van der Waals surface area contributed by atoms with Gasteiger partial charge in [0.1, 0.15) is 5.82 Å². The van der Waals surface area contributed by atoms with Crippen LogP contribution < -0.4 is 5.73 Å². The van der Waals surface area contributed by atoms with Crippen molar-refractivity contribution < 1.29 is 4.39 Å². The number of hydrogen-bond acceptors (Lipinski definition) is 3. The number of rotatable bonds is 3. The molecule has 2 unspecified atom stereocenters. The third-order valence-corrected chi connectivity index (χ3v) is 4.26. The molecule has 2 atom stereocenters. The lowest BCUT2D eigenvalue weighted by Gasteiger charge is -2.20. The maximum atomic E-state index is 13.9. The van der Waals surface area contributed by atoms with Gasteiger partial charge in [-0.05, 0) is 50.4 Å². The van der Waals surface area contributed by atoms with Crippen LogP contribution in [0.4, 0.5) is 4.39 Å². The highest BCUT2D eigenvalue weighted by atomic mass is 32.2. The lowest BCUT2D eigenvalue weighted by Crippen LogP contribution is -2.21. The minimum atomic E-state index is -0.0997. The Kier molecular flexibility index (Phi) is 4.07. The topological polar surface area (TPSA) is 29.3 Å². The molecular formula is C13H19FN2S. The van der Waals surface area contributed by atoms with Gasteiger partial charge < -0.3 is 5.73 Å². The van der Waals surface area contributed by atoms with E-state index in [9.17, 15) is 4.39 Å². The predicted molar refractivity (Wildman–Crippen MR) is 70.7 cm³/mol. The van der Waals surface area contributed by atoms with E-state index < -0.39 is 0 Å². The van der Waals surface area contributed by atoms with E-state index in [1.807, 2.05) is 25.4 Å². The molecule has 0 saturated carbocycles. The highest BCUT2D eigenvalue weighted by Crippen LogP contribution is 2.36. The van der Waals surface area contributed by atoms with Crippen LogP contribution in [0.15, 0.2) is 23.1 Å². The Hall–Kier alpha value is -0.580. The van der Waals surface area contributed by atoms with Crippen LogP contribution in [0.25, 0.3) is 0 Å². The van der Waals surface area contributed by atoms with Crippen LogP contribution in [0.1, 0.15) is 18.0 Å².